The van der Waals surface area contributed by atoms with Crippen LogP contribution in [0.15, 0.2) is 55.1 Å². The number of ether oxygens (including phenoxy) is 3. The van der Waals surface area contributed by atoms with Crippen LogP contribution in [0.25, 0.3) is 17.1 Å². The van der Waals surface area contributed by atoms with Gasteiger partial charge in [0.05, 0.1) is 37.1 Å². The highest BCUT2D eigenvalue weighted by Gasteiger charge is 2.35. The molecule has 0 saturated heterocycles. The number of rotatable bonds is 11. The summed E-state index contributed by atoms with van der Waals surface area (Å²) < 4.78 is 46.3. The molecule has 12 heteroatoms. The van der Waals surface area contributed by atoms with Crippen LogP contribution in [0, 0.1) is 6.92 Å². The van der Waals surface area contributed by atoms with Crippen LogP contribution >= 0.6 is 0 Å². The van der Waals surface area contributed by atoms with Crippen LogP contribution in [-0.2, 0) is 20.3 Å². The van der Waals surface area contributed by atoms with Gasteiger partial charge < -0.3 is 14.2 Å². The molecule has 200 valence electrons. The second kappa shape index (κ2) is 11.7. The summed E-state index contributed by atoms with van der Waals surface area (Å²) in [4.78, 5) is 12.8. The van der Waals surface area contributed by atoms with Crippen molar-refractivity contribution in [2.24, 2.45) is 0 Å². The van der Waals surface area contributed by atoms with Crippen LogP contribution in [-0.4, -0.2) is 64.2 Å². The molecular formula is C26H30N6O5S. The molecule has 1 aromatic carbocycles. The maximum absolute atomic E-state index is 13.8. The molecule has 3 aromatic heterocycles. The zero-order chi connectivity index (χ0) is 27.3. The Morgan fingerprint density at radius 1 is 0.974 bits per heavy atom. The van der Waals surface area contributed by atoms with Gasteiger partial charge in [0.15, 0.2) is 21.5 Å². The van der Waals surface area contributed by atoms with Gasteiger partial charge in [-0.1, -0.05) is 6.07 Å². The molecule has 0 aliphatic heterocycles. The Morgan fingerprint density at radius 2 is 1.71 bits per heavy atom. The van der Waals surface area contributed by atoms with Crippen molar-refractivity contribution >= 4 is 9.84 Å². The van der Waals surface area contributed by atoms with Crippen molar-refractivity contribution in [1.82, 2.24) is 29.7 Å². The van der Waals surface area contributed by atoms with Gasteiger partial charge in [-0.15, -0.1) is 10.2 Å². The molecule has 3 heterocycles. The van der Waals surface area contributed by atoms with Gasteiger partial charge in [-0.2, -0.15) is 0 Å². The minimum absolute atomic E-state index is 0.184. The quantitative estimate of drug-likeness (QED) is 0.279. The normalized spacial score (nSPS) is 13.2. The van der Waals surface area contributed by atoms with Crippen LogP contribution in [0.4, 0.5) is 0 Å². The van der Waals surface area contributed by atoms with E-state index in [9.17, 15) is 8.42 Å². The first-order chi connectivity index (χ1) is 18.3. The number of hydrogen-bond acceptors (Lipinski definition) is 10. The number of nitrogens with zero attached hydrogens (tertiary/aromatic N) is 6. The smallest absolute Gasteiger partial charge is 0.170 e. The third kappa shape index (κ3) is 5.50. The molecule has 0 aliphatic rings. The van der Waals surface area contributed by atoms with E-state index in [0.717, 1.165) is 5.69 Å². The fraction of sp³-hybridized carbons (Fsp3) is 0.346. The first-order valence-electron chi connectivity index (χ1n) is 12.0. The molecule has 38 heavy (non-hydrogen) atoms. The third-order valence-corrected chi connectivity index (χ3v) is 8.08. The summed E-state index contributed by atoms with van der Waals surface area (Å²) >= 11 is 0. The predicted molar refractivity (Wildman–Crippen MR) is 141 cm³/mol. The third-order valence-electron chi connectivity index (χ3n) is 6.04. The molecule has 0 spiro atoms. The Labute approximate surface area is 221 Å². The minimum Gasteiger partial charge on any atom is -0.494 e. The number of sulfone groups is 1. The lowest BCUT2D eigenvalue weighted by molar-refractivity contribution is 0.0586. The van der Waals surface area contributed by atoms with E-state index in [1.165, 1.54) is 14.2 Å². The minimum atomic E-state index is -3.84. The van der Waals surface area contributed by atoms with E-state index in [4.69, 9.17) is 14.2 Å². The van der Waals surface area contributed by atoms with Crippen LogP contribution in [0.5, 0.6) is 11.5 Å². The first kappa shape index (κ1) is 27.1. The van der Waals surface area contributed by atoms with Gasteiger partial charge in [0.1, 0.15) is 29.0 Å². The molecule has 2 atom stereocenters. The lowest BCUT2D eigenvalue weighted by atomic mass is 10.2. The Bertz CT molecular complexity index is 1450. The van der Waals surface area contributed by atoms with E-state index in [1.807, 2.05) is 13.0 Å². The summed E-state index contributed by atoms with van der Waals surface area (Å²) in [7, 11) is -0.789. The highest BCUT2D eigenvalue weighted by molar-refractivity contribution is 7.91. The molecule has 0 bridgehead atoms. The van der Waals surface area contributed by atoms with Crippen molar-refractivity contribution < 1.29 is 22.6 Å². The molecule has 0 aliphatic carbocycles. The van der Waals surface area contributed by atoms with Crippen molar-refractivity contribution in [3.8, 4) is 28.6 Å². The molecule has 0 amide bonds. The Morgan fingerprint density at radius 3 is 2.29 bits per heavy atom. The number of hydrogen-bond donors (Lipinski definition) is 0. The first-order valence-corrected chi connectivity index (χ1v) is 13.7. The summed E-state index contributed by atoms with van der Waals surface area (Å²) in [5, 5.41) is 7.70. The van der Waals surface area contributed by atoms with E-state index < -0.39 is 26.9 Å². The number of para-hydroxylation sites is 1. The van der Waals surface area contributed by atoms with Gasteiger partial charge in [0.2, 0.25) is 0 Å². The molecule has 4 aromatic rings. The van der Waals surface area contributed by atoms with Gasteiger partial charge in [0, 0.05) is 30.8 Å². The van der Waals surface area contributed by atoms with Crippen molar-refractivity contribution in [1.29, 1.82) is 0 Å². The lowest BCUT2D eigenvalue weighted by Gasteiger charge is -2.23. The number of methoxy groups -OCH3 is 2. The Kier molecular flexibility index (Phi) is 8.32. The molecule has 0 unspecified atom stereocenters. The molecule has 0 saturated carbocycles. The van der Waals surface area contributed by atoms with Crippen molar-refractivity contribution in [2.75, 3.05) is 20.8 Å². The molecule has 0 radical (unpaired) electrons. The summed E-state index contributed by atoms with van der Waals surface area (Å²) in [5.41, 5.74) is 2.29. The molecule has 4 rings (SSSR count). The zero-order valence-electron chi connectivity index (χ0n) is 21.9. The van der Waals surface area contributed by atoms with Gasteiger partial charge in [0.25, 0.3) is 0 Å². The second-order valence-corrected chi connectivity index (χ2v) is 10.9. The second-order valence-electron chi connectivity index (χ2n) is 8.50. The predicted octanol–water partition coefficient (Wildman–Crippen LogP) is 3.53. The Balaban J connectivity index is 1.83. The number of aryl methyl sites for hydroxylation is 1. The molecule has 0 fully saturated rings. The summed E-state index contributed by atoms with van der Waals surface area (Å²) in [5.74, 6) is 1.07. The SMILES string of the molecule is CCO[C@H](c1cnc(C)cn1)[C@@H](C)S(=O)(=O)Cc1nnc(-c2cccnc2)n1-c1c(OC)cccc1OC. The van der Waals surface area contributed by atoms with E-state index in [0.29, 0.717) is 40.9 Å². The monoisotopic (exact) mass is 538 g/mol. The molecule has 0 N–H and O–H groups in total. The average Bonchev–Trinajstić information content (AvgIpc) is 3.34. The van der Waals surface area contributed by atoms with E-state index in [2.05, 4.69) is 25.1 Å². The highest BCUT2D eigenvalue weighted by Crippen LogP contribution is 2.37. The molecule has 11 nitrogen and oxygen atoms in total. The largest absolute Gasteiger partial charge is 0.494 e. The highest BCUT2D eigenvalue weighted by atomic mass is 32.2. The fourth-order valence-corrected chi connectivity index (χ4v) is 5.47. The number of aromatic nitrogens is 6. The number of benzene rings is 1. The maximum atomic E-state index is 13.8. The van der Waals surface area contributed by atoms with E-state index in [-0.39, 0.29) is 5.82 Å². The summed E-state index contributed by atoms with van der Waals surface area (Å²) in [6.45, 7) is 5.52. The standard InChI is InChI=1S/C26H30N6O5S/c1-6-37-25(20-15-28-17(2)13-29-20)18(3)38(33,34)16-23-30-31-26(19-9-8-12-27-14-19)32(23)24-21(35-4)10-7-11-22(24)36-5/h7-15,18,25H,6,16H2,1-5H3/t18-,25+/m1/s1. The fourth-order valence-electron chi connectivity index (χ4n) is 4.07. The zero-order valence-corrected chi connectivity index (χ0v) is 22.7. The van der Waals surface area contributed by atoms with Gasteiger partial charge in [-0.3, -0.25) is 19.5 Å². The van der Waals surface area contributed by atoms with Gasteiger partial charge >= 0.3 is 0 Å². The van der Waals surface area contributed by atoms with Gasteiger partial charge in [-0.05, 0) is 45.0 Å². The van der Waals surface area contributed by atoms with E-state index in [1.54, 1.807) is 67.5 Å². The van der Waals surface area contributed by atoms with Crippen LogP contribution in [0.3, 0.4) is 0 Å². The van der Waals surface area contributed by atoms with Crippen LogP contribution in [0.2, 0.25) is 0 Å². The number of pyridine rings is 1. The van der Waals surface area contributed by atoms with Gasteiger partial charge in [-0.25, -0.2) is 8.42 Å². The molecular weight excluding hydrogens is 508 g/mol. The Hall–Kier alpha value is -3.90. The summed E-state index contributed by atoms with van der Waals surface area (Å²) in [6, 6.07) is 8.88. The van der Waals surface area contributed by atoms with Crippen LogP contribution in [0.1, 0.15) is 37.2 Å². The van der Waals surface area contributed by atoms with Crippen molar-refractivity contribution in [3.63, 3.8) is 0 Å². The average molecular weight is 539 g/mol. The topological polar surface area (TPSA) is 131 Å². The van der Waals surface area contributed by atoms with Crippen LogP contribution < -0.4 is 9.47 Å². The van der Waals surface area contributed by atoms with Crippen molar-refractivity contribution in [3.05, 3.63) is 72.3 Å². The summed E-state index contributed by atoms with van der Waals surface area (Å²) in [6.07, 6.45) is 5.59. The lowest BCUT2D eigenvalue weighted by Crippen LogP contribution is -2.30. The van der Waals surface area contributed by atoms with Crippen molar-refractivity contribution in [2.45, 2.75) is 37.9 Å². The maximum Gasteiger partial charge on any atom is 0.170 e. The van der Waals surface area contributed by atoms with E-state index >= 15 is 0 Å².